The number of nitrogens with one attached hydrogen (secondary N) is 1. The predicted octanol–water partition coefficient (Wildman–Crippen LogP) is 0.245. The Morgan fingerprint density at radius 1 is 1.43 bits per heavy atom. The molecule has 2 aliphatic heterocycles. The third-order valence-corrected chi connectivity index (χ3v) is 3.48. The SMILES string of the molecule is O=C(ON1CCSCC1)[C@@H]1CCCN1. The van der Waals surface area contributed by atoms with Crippen molar-refractivity contribution in [3.05, 3.63) is 0 Å². The maximum absolute atomic E-state index is 11.6. The van der Waals surface area contributed by atoms with Crippen LogP contribution in [0.1, 0.15) is 12.8 Å². The van der Waals surface area contributed by atoms with Gasteiger partial charge < -0.3 is 10.2 Å². The standard InChI is InChI=1S/C9H16N2O2S/c12-9(8-2-1-3-10-8)13-11-4-6-14-7-5-11/h8,10H,1-7H2/t8-/m0/s1. The lowest BCUT2D eigenvalue weighted by molar-refractivity contribution is -0.190. The maximum Gasteiger partial charge on any atom is 0.341 e. The van der Waals surface area contributed by atoms with Crippen molar-refractivity contribution in [2.24, 2.45) is 0 Å². The summed E-state index contributed by atoms with van der Waals surface area (Å²) in [5.74, 6) is 2.02. The lowest BCUT2D eigenvalue weighted by Gasteiger charge is -2.25. The van der Waals surface area contributed by atoms with Crippen LogP contribution in [-0.2, 0) is 9.63 Å². The van der Waals surface area contributed by atoms with Gasteiger partial charge in [-0.3, -0.25) is 0 Å². The average Bonchev–Trinajstić information content (AvgIpc) is 2.72. The Bertz CT molecular complexity index is 201. The fraction of sp³-hybridized carbons (Fsp3) is 0.889. The molecule has 0 amide bonds. The molecule has 0 aliphatic carbocycles. The second-order valence-corrected chi connectivity index (χ2v) is 4.83. The fourth-order valence-electron chi connectivity index (χ4n) is 1.71. The molecule has 80 valence electrons. The minimum absolute atomic E-state index is 0.0652. The van der Waals surface area contributed by atoms with Gasteiger partial charge in [0.2, 0.25) is 0 Å². The molecule has 5 heteroatoms. The normalized spacial score (nSPS) is 29.0. The van der Waals surface area contributed by atoms with E-state index in [4.69, 9.17) is 4.84 Å². The van der Waals surface area contributed by atoms with Crippen molar-refractivity contribution in [1.82, 2.24) is 10.4 Å². The van der Waals surface area contributed by atoms with Crippen LogP contribution in [-0.4, -0.2) is 48.2 Å². The number of carbonyl (C=O) groups is 1. The van der Waals surface area contributed by atoms with Crippen molar-refractivity contribution in [3.8, 4) is 0 Å². The molecule has 0 bridgehead atoms. The van der Waals surface area contributed by atoms with Gasteiger partial charge in [-0.1, -0.05) is 0 Å². The maximum atomic E-state index is 11.6. The van der Waals surface area contributed by atoms with Gasteiger partial charge in [0.05, 0.1) is 0 Å². The van der Waals surface area contributed by atoms with Crippen LogP contribution < -0.4 is 5.32 Å². The van der Waals surface area contributed by atoms with Crippen LogP contribution in [0, 0.1) is 0 Å². The van der Waals surface area contributed by atoms with Crippen molar-refractivity contribution >= 4 is 17.7 Å². The molecule has 1 atom stereocenters. The van der Waals surface area contributed by atoms with Crippen molar-refractivity contribution < 1.29 is 9.63 Å². The Morgan fingerprint density at radius 3 is 2.86 bits per heavy atom. The minimum Gasteiger partial charge on any atom is -0.366 e. The number of hydrogen-bond acceptors (Lipinski definition) is 5. The zero-order chi connectivity index (χ0) is 9.80. The second-order valence-electron chi connectivity index (χ2n) is 3.60. The number of thioether (sulfide) groups is 1. The third kappa shape index (κ3) is 2.62. The highest BCUT2D eigenvalue weighted by atomic mass is 32.2. The Labute approximate surface area is 88.3 Å². The molecule has 2 heterocycles. The van der Waals surface area contributed by atoms with Crippen molar-refractivity contribution in [3.63, 3.8) is 0 Å². The van der Waals surface area contributed by atoms with Gasteiger partial charge in [0.15, 0.2) is 0 Å². The molecule has 2 saturated heterocycles. The van der Waals surface area contributed by atoms with E-state index in [-0.39, 0.29) is 12.0 Å². The van der Waals surface area contributed by atoms with Crippen molar-refractivity contribution in [1.29, 1.82) is 0 Å². The highest BCUT2D eigenvalue weighted by molar-refractivity contribution is 7.99. The van der Waals surface area contributed by atoms with Crippen molar-refractivity contribution in [2.45, 2.75) is 18.9 Å². The monoisotopic (exact) mass is 216 g/mol. The number of rotatable bonds is 2. The number of hydroxylamine groups is 2. The lowest BCUT2D eigenvalue weighted by atomic mass is 10.2. The Hall–Kier alpha value is -0.260. The molecule has 0 aromatic carbocycles. The van der Waals surface area contributed by atoms with E-state index in [2.05, 4.69) is 5.32 Å². The summed E-state index contributed by atoms with van der Waals surface area (Å²) in [5.41, 5.74) is 0. The van der Waals surface area contributed by atoms with Crippen LogP contribution in [0.15, 0.2) is 0 Å². The zero-order valence-corrected chi connectivity index (χ0v) is 9.02. The highest BCUT2D eigenvalue weighted by Gasteiger charge is 2.26. The van der Waals surface area contributed by atoms with Gasteiger partial charge in [-0.25, -0.2) is 4.79 Å². The quantitative estimate of drug-likeness (QED) is 0.716. The Kier molecular flexibility index (Phi) is 3.67. The summed E-state index contributed by atoms with van der Waals surface area (Å²) in [4.78, 5) is 16.9. The van der Waals surface area contributed by atoms with E-state index in [0.717, 1.165) is 44.0 Å². The molecule has 4 nitrogen and oxygen atoms in total. The molecule has 0 radical (unpaired) electrons. The molecule has 0 spiro atoms. The molecule has 0 aromatic rings. The second kappa shape index (κ2) is 5.00. The third-order valence-electron chi connectivity index (χ3n) is 2.53. The van der Waals surface area contributed by atoms with Gasteiger partial charge in [0, 0.05) is 24.6 Å². The van der Waals surface area contributed by atoms with E-state index in [0.29, 0.717) is 0 Å². The zero-order valence-electron chi connectivity index (χ0n) is 8.20. The molecule has 2 fully saturated rings. The first-order chi connectivity index (χ1) is 6.86. The number of nitrogens with zero attached hydrogens (tertiary/aromatic N) is 1. The summed E-state index contributed by atoms with van der Waals surface area (Å²) in [6.07, 6.45) is 2.00. The van der Waals surface area contributed by atoms with Crippen LogP contribution in [0.2, 0.25) is 0 Å². The Balaban J connectivity index is 1.75. The van der Waals surface area contributed by atoms with E-state index in [1.165, 1.54) is 0 Å². The fourth-order valence-corrected chi connectivity index (χ4v) is 2.58. The summed E-state index contributed by atoms with van der Waals surface area (Å²) in [5, 5.41) is 4.93. The first kappa shape index (κ1) is 10.3. The smallest absolute Gasteiger partial charge is 0.341 e. The molecular formula is C9H16N2O2S. The van der Waals surface area contributed by atoms with Crippen LogP contribution in [0.3, 0.4) is 0 Å². The Morgan fingerprint density at radius 2 is 2.21 bits per heavy atom. The largest absolute Gasteiger partial charge is 0.366 e. The highest BCUT2D eigenvalue weighted by Crippen LogP contribution is 2.12. The summed E-state index contributed by atoms with van der Waals surface area (Å²) >= 11 is 1.91. The lowest BCUT2D eigenvalue weighted by Crippen LogP contribution is -2.41. The van der Waals surface area contributed by atoms with E-state index in [1.807, 2.05) is 11.8 Å². The first-order valence-electron chi connectivity index (χ1n) is 5.14. The molecule has 0 saturated carbocycles. The van der Waals surface area contributed by atoms with Crippen LogP contribution in [0.5, 0.6) is 0 Å². The van der Waals surface area contributed by atoms with Gasteiger partial charge >= 0.3 is 5.97 Å². The molecule has 1 N–H and O–H groups in total. The van der Waals surface area contributed by atoms with Gasteiger partial charge in [-0.15, -0.1) is 5.06 Å². The predicted molar refractivity (Wildman–Crippen MR) is 56.0 cm³/mol. The van der Waals surface area contributed by atoms with Gasteiger partial charge in [-0.2, -0.15) is 11.8 Å². The molecule has 14 heavy (non-hydrogen) atoms. The number of carbonyl (C=O) groups excluding carboxylic acids is 1. The van der Waals surface area contributed by atoms with Gasteiger partial charge in [-0.05, 0) is 19.4 Å². The molecule has 0 aromatic heterocycles. The molecule has 0 unspecified atom stereocenters. The summed E-state index contributed by atoms with van der Waals surface area (Å²) in [7, 11) is 0. The van der Waals surface area contributed by atoms with Crippen molar-refractivity contribution in [2.75, 3.05) is 31.1 Å². The summed E-state index contributed by atoms with van der Waals surface area (Å²) in [6.45, 7) is 2.67. The topological polar surface area (TPSA) is 41.6 Å². The number of hydrogen-bond donors (Lipinski definition) is 1. The molecule has 2 aliphatic rings. The average molecular weight is 216 g/mol. The summed E-state index contributed by atoms with van der Waals surface area (Å²) in [6, 6.07) is -0.0652. The van der Waals surface area contributed by atoms with Gasteiger partial charge in [0.1, 0.15) is 6.04 Å². The molecular weight excluding hydrogens is 200 g/mol. The van der Waals surface area contributed by atoms with Crippen LogP contribution in [0.25, 0.3) is 0 Å². The summed E-state index contributed by atoms with van der Waals surface area (Å²) < 4.78 is 0. The van der Waals surface area contributed by atoms with Crippen LogP contribution >= 0.6 is 11.8 Å². The van der Waals surface area contributed by atoms with E-state index in [1.54, 1.807) is 5.06 Å². The van der Waals surface area contributed by atoms with E-state index in [9.17, 15) is 4.79 Å². The molecule has 2 rings (SSSR count). The van der Waals surface area contributed by atoms with E-state index < -0.39 is 0 Å². The minimum atomic E-state index is -0.102. The van der Waals surface area contributed by atoms with E-state index >= 15 is 0 Å². The first-order valence-corrected chi connectivity index (χ1v) is 6.29. The van der Waals surface area contributed by atoms with Gasteiger partial charge in [0.25, 0.3) is 0 Å². The van der Waals surface area contributed by atoms with Crippen LogP contribution in [0.4, 0.5) is 0 Å².